The summed E-state index contributed by atoms with van der Waals surface area (Å²) in [5.74, 6) is -3.96. The maximum atomic E-state index is 12.2. The van der Waals surface area contributed by atoms with E-state index < -0.39 is 43.6 Å². The molecule has 0 atom stereocenters. The van der Waals surface area contributed by atoms with Crippen LogP contribution in [0.15, 0.2) is 35.2 Å². The fourth-order valence-electron chi connectivity index (χ4n) is 1.86. The Morgan fingerprint density at radius 2 is 1.45 bits per heavy atom. The zero-order valence-corrected chi connectivity index (χ0v) is 11.6. The van der Waals surface area contributed by atoms with E-state index in [1.165, 1.54) is 0 Å². The predicted molar refractivity (Wildman–Crippen MR) is 72.8 cm³/mol. The first-order valence-electron chi connectivity index (χ1n) is 5.72. The van der Waals surface area contributed by atoms with Gasteiger partial charge in [0.25, 0.3) is 0 Å². The van der Waals surface area contributed by atoms with E-state index in [4.69, 9.17) is 9.66 Å². The number of rotatable bonds is 3. The number of carbonyl (C=O) groups is 1. The number of benzene rings is 2. The van der Waals surface area contributed by atoms with E-state index in [0.29, 0.717) is 0 Å². The number of carbonyl (C=O) groups excluding carboxylic acids is 1. The first-order valence-corrected chi connectivity index (χ1v) is 7.16. The second-order valence-corrected chi connectivity index (χ2v) is 5.67. The van der Waals surface area contributed by atoms with Gasteiger partial charge in [0.15, 0.2) is 10.6 Å². The summed E-state index contributed by atoms with van der Waals surface area (Å²) in [6.45, 7) is 0. The van der Waals surface area contributed by atoms with Gasteiger partial charge in [-0.05, 0) is 24.3 Å². The summed E-state index contributed by atoms with van der Waals surface area (Å²) in [5, 5.41) is 38.0. The zero-order valence-electron chi connectivity index (χ0n) is 10.8. The van der Waals surface area contributed by atoms with E-state index in [1.807, 2.05) is 0 Å². The molecule has 0 spiro atoms. The van der Waals surface area contributed by atoms with Crippen molar-refractivity contribution in [3.8, 4) is 23.0 Å². The first-order chi connectivity index (χ1) is 10.1. The molecule has 0 heterocycles. The number of phenolic OH excluding ortho intramolecular Hbond substituents is 4. The van der Waals surface area contributed by atoms with Gasteiger partial charge in [-0.2, -0.15) is 8.42 Å². The SMILES string of the molecule is O=C(c1ccc(O)cc1O)c1ccc(O)c(S(=O)(=O)O)c1O. The van der Waals surface area contributed by atoms with Gasteiger partial charge in [-0.25, -0.2) is 0 Å². The molecule has 0 aliphatic rings. The Bertz CT molecular complexity index is 870. The van der Waals surface area contributed by atoms with E-state index in [9.17, 15) is 28.5 Å². The Balaban J connectivity index is 2.66. The van der Waals surface area contributed by atoms with Crippen molar-refractivity contribution in [3.63, 3.8) is 0 Å². The minimum Gasteiger partial charge on any atom is -0.508 e. The van der Waals surface area contributed by atoms with Crippen LogP contribution in [0.1, 0.15) is 15.9 Å². The molecule has 2 rings (SSSR count). The molecular weight excluding hydrogens is 316 g/mol. The van der Waals surface area contributed by atoms with Crippen LogP contribution >= 0.6 is 0 Å². The molecule has 116 valence electrons. The smallest absolute Gasteiger partial charge is 0.301 e. The average molecular weight is 326 g/mol. The van der Waals surface area contributed by atoms with E-state index in [0.717, 1.165) is 30.3 Å². The molecular formula is C13H10O8S. The van der Waals surface area contributed by atoms with Gasteiger partial charge in [-0.15, -0.1) is 0 Å². The Kier molecular flexibility index (Phi) is 3.69. The lowest BCUT2D eigenvalue weighted by Crippen LogP contribution is -2.06. The average Bonchev–Trinajstić information content (AvgIpc) is 2.36. The van der Waals surface area contributed by atoms with Crippen LogP contribution in [0.5, 0.6) is 23.0 Å². The molecule has 2 aromatic carbocycles. The molecule has 0 bridgehead atoms. The third-order valence-corrected chi connectivity index (χ3v) is 3.76. The highest BCUT2D eigenvalue weighted by Gasteiger charge is 2.27. The number of hydrogen-bond acceptors (Lipinski definition) is 7. The van der Waals surface area contributed by atoms with Crippen LogP contribution < -0.4 is 0 Å². The summed E-state index contributed by atoms with van der Waals surface area (Å²) in [7, 11) is -4.97. The molecule has 0 radical (unpaired) electrons. The summed E-state index contributed by atoms with van der Waals surface area (Å²) in [6, 6.07) is 4.77. The van der Waals surface area contributed by atoms with Crippen molar-refractivity contribution in [1.82, 2.24) is 0 Å². The molecule has 0 unspecified atom stereocenters. The largest absolute Gasteiger partial charge is 0.508 e. The summed E-state index contributed by atoms with van der Waals surface area (Å²) in [6.07, 6.45) is 0. The van der Waals surface area contributed by atoms with E-state index >= 15 is 0 Å². The van der Waals surface area contributed by atoms with Gasteiger partial charge in [0.05, 0.1) is 11.1 Å². The topological polar surface area (TPSA) is 152 Å². The van der Waals surface area contributed by atoms with Crippen LogP contribution in [0.2, 0.25) is 0 Å². The summed E-state index contributed by atoms with van der Waals surface area (Å²) in [5.41, 5.74) is -0.883. The van der Waals surface area contributed by atoms with Crippen LogP contribution in [-0.2, 0) is 10.1 Å². The van der Waals surface area contributed by atoms with Gasteiger partial charge in [-0.3, -0.25) is 9.35 Å². The highest BCUT2D eigenvalue weighted by molar-refractivity contribution is 7.86. The van der Waals surface area contributed by atoms with Crippen molar-refractivity contribution in [2.24, 2.45) is 0 Å². The van der Waals surface area contributed by atoms with Crippen LogP contribution in [0.4, 0.5) is 0 Å². The first kappa shape index (κ1) is 15.6. The highest BCUT2D eigenvalue weighted by atomic mass is 32.2. The lowest BCUT2D eigenvalue weighted by Gasteiger charge is -2.10. The van der Waals surface area contributed by atoms with Gasteiger partial charge >= 0.3 is 10.1 Å². The molecule has 0 fully saturated rings. The standard InChI is InChI=1S/C13H10O8S/c14-6-1-2-7(10(16)5-6)11(17)8-3-4-9(15)13(12(8)18)22(19,20)21/h1-5,14-16,18H,(H,19,20,21). The van der Waals surface area contributed by atoms with Crippen molar-refractivity contribution in [3.05, 3.63) is 41.5 Å². The molecule has 8 nitrogen and oxygen atoms in total. The van der Waals surface area contributed by atoms with Crippen molar-refractivity contribution < 1.29 is 38.2 Å². The van der Waals surface area contributed by atoms with Crippen molar-refractivity contribution in [2.45, 2.75) is 4.90 Å². The molecule has 0 saturated carbocycles. The lowest BCUT2D eigenvalue weighted by atomic mass is 10.0. The Hall–Kier alpha value is -2.78. The monoisotopic (exact) mass is 326 g/mol. The van der Waals surface area contributed by atoms with Crippen LogP contribution in [-0.4, -0.2) is 39.2 Å². The number of aromatic hydroxyl groups is 4. The van der Waals surface area contributed by atoms with Gasteiger partial charge in [0.1, 0.15) is 17.2 Å². The molecule has 0 aliphatic carbocycles. The number of ketones is 1. The second-order valence-electron chi connectivity index (χ2n) is 4.32. The van der Waals surface area contributed by atoms with E-state index in [2.05, 4.69) is 0 Å². The molecule has 0 aliphatic heterocycles. The maximum Gasteiger partial charge on any atom is 0.301 e. The maximum absolute atomic E-state index is 12.2. The Labute approximate surface area is 124 Å². The summed E-state index contributed by atoms with van der Waals surface area (Å²) >= 11 is 0. The minimum atomic E-state index is -4.97. The Morgan fingerprint density at radius 3 is 2.00 bits per heavy atom. The molecule has 2 aromatic rings. The summed E-state index contributed by atoms with van der Waals surface area (Å²) in [4.78, 5) is 11.0. The minimum absolute atomic E-state index is 0.303. The molecule has 22 heavy (non-hydrogen) atoms. The predicted octanol–water partition coefficient (Wildman–Crippen LogP) is 0.987. The second kappa shape index (κ2) is 5.20. The molecule has 0 aromatic heterocycles. The number of phenols is 4. The lowest BCUT2D eigenvalue weighted by molar-refractivity contribution is 0.103. The van der Waals surface area contributed by atoms with Crippen LogP contribution in [0, 0.1) is 0 Å². The molecule has 0 amide bonds. The van der Waals surface area contributed by atoms with Gasteiger partial charge in [0.2, 0.25) is 5.78 Å². The molecule has 5 N–H and O–H groups in total. The third-order valence-electron chi connectivity index (χ3n) is 2.84. The van der Waals surface area contributed by atoms with Gasteiger partial charge in [0, 0.05) is 6.07 Å². The van der Waals surface area contributed by atoms with Crippen molar-refractivity contribution in [1.29, 1.82) is 0 Å². The molecule has 9 heteroatoms. The molecule has 0 saturated heterocycles. The highest BCUT2D eigenvalue weighted by Crippen LogP contribution is 2.36. The number of hydrogen-bond donors (Lipinski definition) is 5. The van der Waals surface area contributed by atoms with E-state index in [1.54, 1.807) is 0 Å². The van der Waals surface area contributed by atoms with E-state index in [-0.39, 0.29) is 11.3 Å². The Morgan fingerprint density at radius 1 is 0.864 bits per heavy atom. The van der Waals surface area contributed by atoms with Gasteiger partial charge in [-0.1, -0.05) is 0 Å². The third kappa shape index (κ3) is 2.67. The fraction of sp³-hybridized carbons (Fsp3) is 0. The zero-order chi connectivity index (χ0) is 16.7. The van der Waals surface area contributed by atoms with Crippen molar-refractivity contribution in [2.75, 3.05) is 0 Å². The van der Waals surface area contributed by atoms with Crippen molar-refractivity contribution >= 4 is 15.9 Å². The van der Waals surface area contributed by atoms with Crippen LogP contribution in [0.25, 0.3) is 0 Å². The normalized spacial score (nSPS) is 11.3. The van der Waals surface area contributed by atoms with Crippen LogP contribution in [0.3, 0.4) is 0 Å². The summed E-state index contributed by atoms with van der Waals surface area (Å²) < 4.78 is 31.3. The fourth-order valence-corrected chi connectivity index (χ4v) is 2.54. The quantitative estimate of drug-likeness (QED) is 0.413. The van der Waals surface area contributed by atoms with Gasteiger partial charge < -0.3 is 20.4 Å².